The summed E-state index contributed by atoms with van der Waals surface area (Å²) < 4.78 is 5.06. The fraction of sp³-hybridized carbons (Fsp3) is 0.0667. The number of benzene rings is 2. The Bertz CT molecular complexity index is 760. The summed E-state index contributed by atoms with van der Waals surface area (Å²) in [6.45, 7) is 0. The highest BCUT2D eigenvalue weighted by molar-refractivity contribution is 5.96. The maximum absolute atomic E-state index is 11.4. The normalized spacial score (nSPS) is 10.7. The van der Waals surface area contributed by atoms with Crippen LogP contribution in [0.4, 0.5) is 0 Å². The Balaban J connectivity index is 2.20. The number of imidazole rings is 1. The Morgan fingerprint density at radius 3 is 2.75 bits per heavy atom. The minimum Gasteiger partial charge on any atom is -0.497 e. The second-order valence-electron chi connectivity index (χ2n) is 4.32. The van der Waals surface area contributed by atoms with Crippen molar-refractivity contribution in [2.75, 3.05) is 7.11 Å². The van der Waals surface area contributed by atoms with E-state index in [-0.39, 0.29) is 5.56 Å². The maximum Gasteiger partial charge on any atom is 0.336 e. The van der Waals surface area contributed by atoms with Crippen molar-refractivity contribution >= 4 is 17.0 Å². The summed E-state index contributed by atoms with van der Waals surface area (Å²) in [6.07, 6.45) is 0. The Kier molecular flexibility index (Phi) is 2.87. The molecule has 100 valence electrons. The second-order valence-corrected chi connectivity index (χ2v) is 4.32. The molecule has 1 heterocycles. The molecule has 3 aromatic rings. The molecule has 0 fully saturated rings. The molecule has 20 heavy (non-hydrogen) atoms. The van der Waals surface area contributed by atoms with Crippen LogP contribution in [0.3, 0.4) is 0 Å². The van der Waals surface area contributed by atoms with Crippen LogP contribution in [-0.4, -0.2) is 28.2 Å². The number of H-pyrrole nitrogens is 1. The van der Waals surface area contributed by atoms with Gasteiger partial charge in [0.2, 0.25) is 0 Å². The van der Waals surface area contributed by atoms with Gasteiger partial charge in [-0.05, 0) is 30.3 Å². The number of hydrogen-bond acceptors (Lipinski definition) is 3. The van der Waals surface area contributed by atoms with Crippen molar-refractivity contribution in [1.29, 1.82) is 0 Å². The number of carboxylic acids is 1. The number of carboxylic acid groups (broad SMARTS) is 1. The zero-order chi connectivity index (χ0) is 14.1. The summed E-state index contributed by atoms with van der Waals surface area (Å²) in [5.41, 5.74) is 2.36. The molecule has 2 N–H and O–H groups in total. The van der Waals surface area contributed by atoms with E-state index in [2.05, 4.69) is 9.97 Å². The minimum atomic E-state index is -1.01. The number of para-hydroxylation sites is 2. The second kappa shape index (κ2) is 4.70. The third-order valence-electron chi connectivity index (χ3n) is 3.10. The molecule has 0 atom stereocenters. The number of ether oxygens (including phenoxy) is 1. The standard InChI is InChI=1S/C15H12N2O3/c1-20-9-6-7-10(11(8-9)15(18)19)14-16-12-4-2-3-5-13(12)17-14/h2-8H,1H3,(H,16,17)(H,18,19). The lowest BCUT2D eigenvalue weighted by Crippen LogP contribution is -2.01. The molecule has 0 spiro atoms. The number of aromatic carboxylic acids is 1. The average molecular weight is 268 g/mol. The number of rotatable bonds is 3. The van der Waals surface area contributed by atoms with Gasteiger partial charge in [0.05, 0.1) is 23.7 Å². The van der Waals surface area contributed by atoms with Crippen molar-refractivity contribution in [2.24, 2.45) is 0 Å². The summed E-state index contributed by atoms with van der Waals surface area (Å²) >= 11 is 0. The number of carbonyl (C=O) groups is 1. The number of methoxy groups -OCH3 is 1. The third kappa shape index (κ3) is 1.99. The van der Waals surface area contributed by atoms with Gasteiger partial charge in [-0.3, -0.25) is 0 Å². The van der Waals surface area contributed by atoms with Crippen molar-refractivity contribution in [3.8, 4) is 17.1 Å². The molecule has 0 aliphatic heterocycles. The lowest BCUT2D eigenvalue weighted by Gasteiger charge is -2.06. The van der Waals surface area contributed by atoms with E-state index in [1.807, 2.05) is 24.3 Å². The first-order chi connectivity index (χ1) is 9.69. The zero-order valence-electron chi connectivity index (χ0n) is 10.8. The molecule has 2 aromatic carbocycles. The van der Waals surface area contributed by atoms with E-state index < -0.39 is 5.97 Å². The smallest absolute Gasteiger partial charge is 0.336 e. The molecule has 0 amide bonds. The minimum absolute atomic E-state index is 0.156. The van der Waals surface area contributed by atoms with Crippen molar-refractivity contribution in [3.05, 3.63) is 48.0 Å². The van der Waals surface area contributed by atoms with Gasteiger partial charge in [-0.1, -0.05) is 12.1 Å². The number of hydrogen-bond donors (Lipinski definition) is 2. The van der Waals surface area contributed by atoms with Crippen LogP contribution in [0.2, 0.25) is 0 Å². The molecule has 0 aliphatic carbocycles. The molecule has 0 aliphatic rings. The SMILES string of the molecule is COc1ccc(-c2nc3ccccc3[nH]2)c(C(=O)O)c1. The lowest BCUT2D eigenvalue weighted by atomic mass is 10.1. The highest BCUT2D eigenvalue weighted by Gasteiger charge is 2.15. The molecule has 5 heteroatoms. The van der Waals surface area contributed by atoms with Crippen LogP contribution in [0.1, 0.15) is 10.4 Å². The number of aromatic nitrogens is 2. The monoisotopic (exact) mass is 268 g/mol. The lowest BCUT2D eigenvalue weighted by molar-refractivity contribution is 0.0697. The number of nitrogens with zero attached hydrogens (tertiary/aromatic N) is 1. The Morgan fingerprint density at radius 2 is 2.05 bits per heavy atom. The van der Waals surface area contributed by atoms with Gasteiger partial charge in [-0.25, -0.2) is 9.78 Å². The van der Waals surface area contributed by atoms with Crippen LogP contribution < -0.4 is 4.74 Å². The predicted molar refractivity (Wildman–Crippen MR) is 75.0 cm³/mol. The zero-order valence-corrected chi connectivity index (χ0v) is 10.8. The molecule has 0 radical (unpaired) electrons. The highest BCUT2D eigenvalue weighted by atomic mass is 16.5. The van der Waals surface area contributed by atoms with Crippen molar-refractivity contribution < 1.29 is 14.6 Å². The maximum atomic E-state index is 11.4. The van der Waals surface area contributed by atoms with E-state index >= 15 is 0 Å². The predicted octanol–water partition coefficient (Wildman–Crippen LogP) is 2.94. The van der Waals surface area contributed by atoms with Crippen LogP contribution in [-0.2, 0) is 0 Å². The van der Waals surface area contributed by atoms with Crippen LogP contribution in [0.15, 0.2) is 42.5 Å². The number of nitrogens with one attached hydrogen (secondary N) is 1. The van der Waals surface area contributed by atoms with Crippen LogP contribution in [0.25, 0.3) is 22.4 Å². The van der Waals surface area contributed by atoms with E-state index in [0.717, 1.165) is 11.0 Å². The van der Waals surface area contributed by atoms with Crippen molar-refractivity contribution in [1.82, 2.24) is 9.97 Å². The van der Waals surface area contributed by atoms with Gasteiger partial charge in [0.15, 0.2) is 0 Å². The van der Waals surface area contributed by atoms with Gasteiger partial charge in [0.1, 0.15) is 11.6 Å². The average Bonchev–Trinajstić information content (AvgIpc) is 2.90. The molecular formula is C15H12N2O3. The van der Waals surface area contributed by atoms with E-state index in [4.69, 9.17) is 4.74 Å². The van der Waals surface area contributed by atoms with Crippen molar-refractivity contribution in [2.45, 2.75) is 0 Å². The third-order valence-corrected chi connectivity index (χ3v) is 3.10. The van der Waals surface area contributed by atoms with Crippen LogP contribution >= 0.6 is 0 Å². The molecule has 0 saturated heterocycles. The molecular weight excluding hydrogens is 256 g/mol. The molecule has 3 rings (SSSR count). The van der Waals surface area contributed by atoms with Gasteiger partial charge in [-0.15, -0.1) is 0 Å². The number of aromatic amines is 1. The van der Waals surface area contributed by atoms with Gasteiger partial charge in [0, 0.05) is 5.56 Å². The summed E-state index contributed by atoms with van der Waals surface area (Å²) in [7, 11) is 1.50. The van der Waals surface area contributed by atoms with Gasteiger partial charge >= 0.3 is 5.97 Å². The quantitative estimate of drug-likeness (QED) is 0.765. The van der Waals surface area contributed by atoms with Crippen molar-refractivity contribution in [3.63, 3.8) is 0 Å². The molecule has 0 saturated carbocycles. The summed E-state index contributed by atoms with van der Waals surface area (Å²) in [6, 6.07) is 12.5. The fourth-order valence-corrected chi connectivity index (χ4v) is 2.11. The van der Waals surface area contributed by atoms with E-state index in [0.29, 0.717) is 17.1 Å². The largest absolute Gasteiger partial charge is 0.497 e. The summed E-state index contributed by atoms with van der Waals surface area (Å²) in [4.78, 5) is 18.9. The first kappa shape index (κ1) is 12.2. The molecule has 0 bridgehead atoms. The van der Waals surface area contributed by atoms with Gasteiger partial charge < -0.3 is 14.8 Å². The fourth-order valence-electron chi connectivity index (χ4n) is 2.11. The van der Waals surface area contributed by atoms with Gasteiger partial charge in [-0.2, -0.15) is 0 Å². The highest BCUT2D eigenvalue weighted by Crippen LogP contribution is 2.27. The summed E-state index contributed by atoms with van der Waals surface area (Å²) in [5, 5.41) is 9.32. The van der Waals surface area contributed by atoms with Crippen LogP contribution in [0, 0.1) is 0 Å². The van der Waals surface area contributed by atoms with E-state index in [1.165, 1.54) is 13.2 Å². The summed E-state index contributed by atoms with van der Waals surface area (Å²) in [5.74, 6) is 0.0212. The Hall–Kier alpha value is -2.82. The number of fused-ring (bicyclic) bond motifs is 1. The van der Waals surface area contributed by atoms with Crippen LogP contribution in [0.5, 0.6) is 5.75 Å². The molecule has 5 nitrogen and oxygen atoms in total. The Labute approximate surface area is 114 Å². The Morgan fingerprint density at radius 1 is 1.25 bits per heavy atom. The first-order valence-electron chi connectivity index (χ1n) is 6.05. The molecule has 0 unspecified atom stereocenters. The van der Waals surface area contributed by atoms with E-state index in [9.17, 15) is 9.90 Å². The molecule has 1 aromatic heterocycles. The topological polar surface area (TPSA) is 75.2 Å². The van der Waals surface area contributed by atoms with E-state index in [1.54, 1.807) is 12.1 Å². The van der Waals surface area contributed by atoms with Gasteiger partial charge in [0.25, 0.3) is 0 Å². The first-order valence-corrected chi connectivity index (χ1v) is 6.05.